The van der Waals surface area contributed by atoms with Crippen molar-refractivity contribution in [1.29, 1.82) is 0 Å². The van der Waals surface area contributed by atoms with Crippen molar-refractivity contribution in [3.63, 3.8) is 0 Å². The van der Waals surface area contributed by atoms with E-state index >= 15 is 0 Å². The fraction of sp³-hybridized carbons (Fsp3) is 0.750. The third kappa shape index (κ3) is 7.92. The highest BCUT2D eigenvalue weighted by Crippen LogP contribution is 1.91. The molecular weight excluding hydrogens is 140 g/mol. The molecule has 0 aromatic rings. The van der Waals surface area contributed by atoms with E-state index in [2.05, 4.69) is 13.1 Å². The van der Waals surface area contributed by atoms with Gasteiger partial charge in [0.05, 0.1) is 0 Å². The first-order valence-corrected chi connectivity index (χ1v) is 6.52. The molecule has 0 aliphatic heterocycles. The lowest BCUT2D eigenvalue weighted by atomic mass is 10.3. The Kier molecular flexibility index (Phi) is 8.84. The highest BCUT2D eigenvalue weighted by molar-refractivity contribution is 6.33. The van der Waals surface area contributed by atoms with Crippen LogP contribution >= 0.6 is 0 Å². The predicted octanol–water partition coefficient (Wildman–Crippen LogP) is 1.60. The fourth-order valence-corrected chi connectivity index (χ4v) is 1.17. The van der Waals surface area contributed by atoms with E-state index in [-0.39, 0.29) is 9.52 Å². The summed E-state index contributed by atoms with van der Waals surface area (Å²) in [7, 11) is 0.229. The Morgan fingerprint density at radius 1 is 1.50 bits per heavy atom. The van der Waals surface area contributed by atoms with Crippen LogP contribution in [-0.4, -0.2) is 22.7 Å². The molecule has 10 heavy (non-hydrogen) atoms. The molecule has 0 N–H and O–H groups in total. The lowest BCUT2D eigenvalue weighted by Crippen LogP contribution is -1.97. The Hall–Kier alpha value is -0.0831. The second-order valence-corrected chi connectivity index (χ2v) is 4.10. The first-order chi connectivity index (χ1) is 4.91. The molecule has 0 rings (SSSR count). The summed E-state index contributed by atoms with van der Waals surface area (Å²) >= 11 is 0. The molecule has 0 atom stereocenters. The quantitative estimate of drug-likeness (QED) is 0.311. The molecule has 0 bridgehead atoms. The van der Waals surface area contributed by atoms with Gasteiger partial charge >= 0.3 is 0 Å². The maximum Gasteiger partial charge on any atom is 0.0468 e. The molecule has 0 aliphatic carbocycles. The van der Waals surface area contributed by atoms with Gasteiger partial charge in [-0.15, -0.1) is 6.58 Å². The minimum Gasteiger partial charge on any atom is -0.382 e. The van der Waals surface area contributed by atoms with Gasteiger partial charge in [0.2, 0.25) is 0 Å². The van der Waals surface area contributed by atoms with Gasteiger partial charge in [-0.05, 0) is 18.9 Å². The number of rotatable bonds is 7. The number of ether oxygens (including phenoxy) is 1. The molecule has 0 fully saturated rings. The van der Waals surface area contributed by atoms with Gasteiger partial charge in [0.1, 0.15) is 0 Å². The molecule has 1 nitrogen and oxygen atoms in total. The van der Waals surface area contributed by atoms with Crippen molar-refractivity contribution in [1.82, 2.24) is 0 Å². The molecule has 0 aromatic carbocycles. The van der Waals surface area contributed by atoms with Gasteiger partial charge in [-0.2, -0.15) is 0 Å². The molecule has 0 aromatic heterocycles. The molecule has 0 saturated carbocycles. The lowest BCUT2D eigenvalue weighted by Gasteiger charge is -1.99. The van der Waals surface area contributed by atoms with E-state index in [0.717, 1.165) is 26.1 Å². The largest absolute Gasteiger partial charge is 0.382 e. The van der Waals surface area contributed by atoms with E-state index in [9.17, 15) is 0 Å². The molecule has 0 spiro atoms. The van der Waals surface area contributed by atoms with Gasteiger partial charge in [0, 0.05) is 22.7 Å². The van der Waals surface area contributed by atoms with Gasteiger partial charge in [0.15, 0.2) is 0 Å². The fourth-order valence-electron chi connectivity index (χ4n) is 0.678. The molecule has 0 radical (unpaired) electrons. The van der Waals surface area contributed by atoms with Gasteiger partial charge in [0.25, 0.3) is 0 Å². The van der Waals surface area contributed by atoms with Crippen molar-refractivity contribution in [2.75, 3.05) is 13.2 Å². The lowest BCUT2D eigenvalue weighted by molar-refractivity contribution is 0.145. The third-order valence-corrected chi connectivity index (χ3v) is 2.33. The molecule has 0 heterocycles. The second kappa shape index (κ2) is 8.92. The average Bonchev–Trinajstić information content (AvgIpc) is 1.97. The molecule has 0 amide bonds. The Labute approximate surface area is 66.3 Å². The van der Waals surface area contributed by atoms with Crippen molar-refractivity contribution in [3.8, 4) is 0 Å². The Morgan fingerprint density at radius 3 is 2.90 bits per heavy atom. The van der Waals surface area contributed by atoms with Crippen molar-refractivity contribution >= 4 is 9.52 Å². The van der Waals surface area contributed by atoms with Crippen molar-refractivity contribution in [2.24, 2.45) is 0 Å². The standard InChI is InChI=1S/C8H18OSi/c1-3-4-5-6-9-7-8-10-2/h3H,1,4-8,10H2,2H3. The molecule has 0 saturated heterocycles. The number of unbranched alkanes of at least 4 members (excludes halogenated alkanes) is 1. The van der Waals surface area contributed by atoms with E-state index in [4.69, 9.17) is 4.74 Å². The van der Waals surface area contributed by atoms with Crippen LogP contribution in [0, 0.1) is 0 Å². The minimum absolute atomic E-state index is 0.229. The van der Waals surface area contributed by atoms with Gasteiger partial charge in [-0.25, -0.2) is 0 Å². The summed E-state index contributed by atoms with van der Waals surface area (Å²) in [6.07, 6.45) is 4.16. The SMILES string of the molecule is C=CCCCOCC[SiH2]C. The van der Waals surface area contributed by atoms with Gasteiger partial charge in [-0.1, -0.05) is 12.6 Å². The van der Waals surface area contributed by atoms with Crippen LogP contribution in [0.25, 0.3) is 0 Å². The summed E-state index contributed by atoms with van der Waals surface area (Å²) in [5, 5.41) is 0. The summed E-state index contributed by atoms with van der Waals surface area (Å²) in [6.45, 7) is 7.86. The summed E-state index contributed by atoms with van der Waals surface area (Å²) in [6, 6.07) is 1.33. The summed E-state index contributed by atoms with van der Waals surface area (Å²) < 4.78 is 5.36. The van der Waals surface area contributed by atoms with Crippen molar-refractivity contribution in [2.45, 2.75) is 25.4 Å². The maximum atomic E-state index is 5.36. The van der Waals surface area contributed by atoms with Crippen LogP contribution in [0.3, 0.4) is 0 Å². The van der Waals surface area contributed by atoms with Crippen LogP contribution in [0.2, 0.25) is 12.6 Å². The normalized spacial score (nSPS) is 10.9. The first kappa shape index (κ1) is 9.92. The zero-order chi connectivity index (χ0) is 7.66. The summed E-state index contributed by atoms with van der Waals surface area (Å²) in [4.78, 5) is 0. The van der Waals surface area contributed by atoms with E-state index in [1.54, 1.807) is 0 Å². The van der Waals surface area contributed by atoms with Crippen molar-refractivity contribution in [3.05, 3.63) is 12.7 Å². The molecule has 2 heteroatoms. The Bertz CT molecular complexity index is 73.7. The number of hydrogen-bond acceptors (Lipinski definition) is 1. The van der Waals surface area contributed by atoms with Crippen LogP contribution < -0.4 is 0 Å². The maximum absolute atomic E-state index is 5.36. The van der Waals surface area contributed by atoms with Crippen LogP contribution in [0.4, 0.5) is 0 Å². The highest BCUT2D eigenvalue weighted by Gasteiger charge is 1.85. The topological polar surface area (TPSA) is 9.23 Å². The smallest absolute Gasteiger partial charge is 0.0468 e. The van der Waals surface area contributed by atoms with Gasteiger partial charge in [-0.3, -0.25) is 0 Å². The van der Waals surface area contributed by atoms with Crippen molar-refractivity contribution < 1.29 is 4.74 Å². The van der Waals surface area contributed by atoms with E-state index in [0.29, 0.717) is 0 Å². The molecular formula is C8H18OSi. The van der Waals surface area contributed by atoms with E-state index < -0.39 is 0 Å². The average molecular weight is 158 g/mol. The molecule has 0 unspecified atom stereocenters. The zero-order valence-corrected chi connectivity index (χ0v) is 8.35. The third-order valence-electron chi connectivity index (χ3n) is 1.34. The van der Waals surface area contributed by atoms with E-state index in [1.165, 1.54) is 6.04 Å². The molecule has 60 valence electrons. The first-order valence-electron chi connectivity index (χ1n) is 4.10. The van der Waals surface area contributed by atoms with Crippen LogP contribution in [0.15, 0.2) is 12.7 Å². The number of hydrogen-bond donors (Lipinski definition) is 0. The minimum atomic E-state index is 0.229. The Balaban J connectivity index is 2.70. The van der Waals surface area contributed by atoms with Crippen LogP contribution in [0.5, 0.6) is 0 Å². The summed E-state index contributed by atoms with van der Waals surface area (Å²) in [5.41, 5.74) is 0. The molecule has 0 aliphatic rings. The Morgan fingerprint density at radius 2 is 2.30 bits per heavy atom. The van der Waals surface area contributed by atoms with E-state index in [1.807, 2.05) is 6.08 Å². The highest BCUT2D eigenvalue weighted by atomic mass is 28.2. The van der Waals surface area contributed by atoms with Gasteiger partial charge < -0.3 is 4.74 Å². The predicted molar refractivity (Wildman–Crippen MR) is 49.5 cm³/mol. The second-order valence-electron chi connectivity index (χ2n) is 2.40. The monoisotopic (exact) mass is 158 g/mol. The summed E-state index contributed by atoms with van der Waals surface area (Å²) in [5.74, 6) is 0. The number of allylic oxidation sites excluding steroid dienone is 1. The van der Waals surface area contributed by atoms with Crippen LogP contribution in [0.1, 0.15) is 12.8 Å². The van der Waals surface area contributed by atoms with Crippen LogP contribution in [-0.2, 0) is 4.74 Å². The zero-order valence-electron chi connectivity index (χ0n) is 6.94.